The first kappa shape index (κ1) is 21.9. The Bertz CT molecular complexity index is 1000. The van der Waals surface area contributed by atoms with E-state index in [4.69, 9.17) is 4.74 Å². The molecule has 0 heterocycles. The molecule has 6 heteroatoms. The third-order valence-electron chi connectivity index (χ3n) is 4.33. The van der Waals surface area contributed by atoms with Gasteiger partial charge in [-0.3, -0.25) is 9.59 Å². The summed E-state index contributed by atoms with van der Waals surface area (Å²) in [6.07, 6.45) is 0. The second-order valence-electron chi connectivity index (χ2n) is 7.53. The second kappa shape index (κ2) is 10.8. The Morgan fingerprint density at radius 3 is 2.23 bits per heavy atom. The minimum absolute atomic E-state index is 0.0989. The average Bonchev–Trinajstić information content (AvgIpc) is 2.78. The molecule has 3 rings (SSSR count). The first-order valence-electron chi connectivity index (χ1n) is 10.2. The topological polar surface area (TPSA) is 79.5 Å². The maximum atomic E-state index is 12.3. The van der Waals surface area contributed by atoms with E-state index in [1.807, 2.05) is 54.6 Å². The number of ether oxygens (including phenoxy) is 1. The first-order chi connectivity index (χ1) is 15.0. The second-order valence-corrected chi connectivity index (χ2v) is 7.53. The van der Waals surface area contributed by atoms with Gasteiger partial charge in [0.1, 0.15) is 5.75 Å². The van der Waals surface area contributed by atoms with Crippen LogP contribution in [0.4, 0.5) is 17.1 Å². The summed E-state index contributed by atoms with van der Waals surface area (Å²) in [7, 11) is 0. The maximum absolute atomic E-state index is 12.3. The van der Waals surface area contributed by atoms with Gasteiger partial charge in [0.05, 0.1) is 13.2 Å². The Labute approximate surface area is 182 Å². The molecule has 0 atom stereocenters. The molecule has 0 bridgehead atoms. The van der Waals surface area contributed by atoms with Crippen LogP contribution in [0.5, 0.6) is 5.75 Å². The summed E-state index contributed by atoms with van der Waals surface area (Å²) in [6, 6.07) is 23.6. The molecule has 160 valence electrons. The standard InChI is InChI=1S/C25H27N3O3/c1-18(2)17-31-23-13-11-20(12-14-23)27-24(29)16-26-21-9-6-10-22(15-21)28-25(30)19-7-4-3-5-8-19/h3-15,18,26H,16-17H2,1-2H3,(H,27,29)(H,28,30). The lowest BCUT2D eigenvalue weighted by molar-refractivity contribution is -0.114. The van der Waals surface area contributed by atoms with Gasteiger partial charge in [-0.05, 0) is 60.5 Å². The SMILES string of the molecule is CC(C)COc1ccc(NC(=O)CNc2cccc(NC(=O)c3ccccc3)c2)cc1. The minimum atomic E-state index is -0.184. The van der Waals surface area contributed by atoms with Gasteiger partial charge in [-0.1, -0.05) is 38.1 Å². The van der Waals surface area contributed by atoms with Crippen molar-refractivity contribution in [1.29, 1.82) is 0 Å². The van der Waals surface area contributed by atoms with Crippen LogP contribution in [-0.4, -0.2) is 25.0 Å². The molecule has 0 radical (unpaired) electrons. The van der Waals surface area contributed by atoms with Crippen molar-refractivity contribution in [3.63, 3.8) is 0 Å². The molecule has 0 aromatic heterocycles. The molecule has 3 aromatic carbocycles. The molecule has 0 aliphatic heterocycles. The quantitative estimate of drug-likeness (QED) is 0.456. The fourth-order valence-electron chi connectivity index (χ4n) is 2.78. The number of amides is 2. The zero-order valence-corrected chi connectivity index (χ0v) is 17.7. The van der Waals surface area contributed by atoms with Gasteiger partial charge in [-0.2, -0.15) is 0 Å². The summed E-state index contributed by atoms with van der Waals surface area (Å²) in [5.41, 5.74) is 2.67. The molecule has 31 heavy (non-hydrogen) atoms. The van der Waals surface area contributed by atoms with Gasteiger partial charge >= 0.3 is 0 Å². The summed E-state index contributed by atoms with van der Waals surface area (Å²) < 4.78 is 5.64. The third kappa shape index (κ3) is 7.19. The molecule has 0 aliphatic carbocycles. The number of anilines is 3. The van der Waals surface area contributed by atoms with Crippen molar-refractivity contribution in [2.24, 2.45) is 5.92 Å². The van der Waals surface area contributed by atoms with E-state index >= 15 is 0 Å². The zero-order valence-electron chi connectivity index (χ0n) is 17.7. The highest BCUT2D eigenvalue weighted by molar-refractivity contribution is 6.04. The Balaban J connectivity index is 1.49. The molecule has 0 aliphatic rings. The molecular weight excluding hydrogens is 390 g/mol. The summed E-state index contributed by atoms with van der Waals surface area (Å²) in [5, 5.41) is 8.78. The first-order valence-corrected chi connectivity index (χ1v) is 10.2. The van der Waals surface area contributed by atoms with E-state index in [1.165, 1.54) is 0 Å². The van der Waals surface area contributed by atoms with Crippen molar-refractivity contribution in [3.05, 3.63) is 84.4 Å². The lowest BCUT2D eigenvalue weighted by Gasteiger charge is -2.11. The number of nitrogens with one attached hydrogen (secondary N) is 3. The van der Waals surface area contributed by atoms with Gasteiger partial charge in [0.25, 0.3) is 5.91 Å². The number of benzene rings is 3. The normalized spacial score (nSPS) is 10.4. The van der Waals surface area contributed by atoms with E-state index in [9.17, 15) is 9.59 Å². The van der Waals surface area contributed by atoms with Gasteiger partial charge in [0, 0.05) is 22.6 Å². The minimum Gasteiger partial charge on any atom is -0.493 e. The summed E-state index contributed by atoms with van der Waals surface area (Å²) in [6.45, 7) is 4.94. The fraction of sp³-hybridized carbons (Fsp3) is 0.200. The van der Waals surface area contributed by atoms with Gasteiger partial charge in [-0.15, -0.1) is 0 Å². The Morgan fingerprint density at radius 2 is 1.52 bits per heavy atom. The number of rotatable bonds is 9. The van der Waals surface area contributed by atoms with Crippen LogP contribution in [0, 0.1) is 5.92 Å². The van der Waals surface area contributed by atoms with Gasteiger partial charge in [0.2, 0.25) is 5.91 Å². The highest BCUT2D eigenvalue weighted by Crippen LogP contribution is 2.18. The van der Waals surface area contributed by atoms with Crippen molar-refractivity contribution >= 4 is 28.9 Å². The molecule has 6 nitrogen and oxygen atoms in total. The average molecular weight is 418 g/mol. The predicted octanol–water partition coefficient (Wildman–Crippen LogP) is 5.02. The van der Waals surface area contributed by atoms with Crippen molar-refractivity contribution in [2.75, 3.05) is 29.1 Å². The van der Waals surface area contributed by atoms with E-state index in [0.29, 0.717) is 29.5 Å². The van der Waals surface area contributed by atoms with Crippen LogP contribution < -0.4 is 20.7 Å². The van der Waals surface area contributed by atoms with Gasteiger partial charge in [0.15, 0.2) is 0 Å². The van der Waals surface area contributed by atoms with E-state index in [2.05, 4.69) is 29.8 Å². The monoisotopic (exact) mass is 417 g/mol. The van der Waals surface area contributed by atoms with Gasteiger partial charge < -0.3 is 20.7 Å². The fourth-order valence-corrected chi connectivity index (χ4v) is 2.78. The molecular formula is C25H27N3O3. The van der Waals surface area contributed by atoms with Crippen LogP contribution >= 0.6 is 0 Å². The van der Waals surface area contributed by atoms with Crippen LogP contribution in [0.25, 0.3) is 0 Å². The van der Waals surface area contributed by atoms with Gasteiger partial charge in [-0.25, -0.2) is 0 Å². The summed E-state index contributed by atoms with van der Waals surface area (Å²) in [5.74, 6) is 0.876. The Morgan fingerprint density at radius 1 is 0.806 bits per heavy atom. The van der Waals surface area contributed by atoms with Crippen molar-refractivity contribution in [1.82, 2.24) is 0 Å². The molecule has 3 N–H and O–H groups in total. The lowest BCUT2D eigenvalue weighted by atomic mass is 10.2. The third-order valence-corrected chi connectivity index (χ3v) is 4.33. The lowest BCUT2D eigenvalue weighted by Crippen LogP contribution is -2.21. The highest BCUT2D eigenvalue weighted by Gasteiger charge is 2.07. The number of carbonyl (C=O) groups is 2. The molecule has 0 saturated heterocycles. The van der Waals surface area contributed by atoms with E-state index < -0.39 is 0 Å². The van der Waals surface area contributed by atoms with Crippen molar-refractivity contribution in [2.45, 2.75) is 13.8 Å². The predicted molar refractivity (Wildman–Crippen MR) is 125 cm³/mol. The summed E-state index contributed by atoms with van der Waals surface area (Å²) >= 11 is 0. The van der Waals surface area contributed by atoms with Crippen LogP contribution in [0.15, 0.2) is 78.9 Å². The largest absolute Gasteiger partial charge is 0.493 e. The van der Waals surface area contributed by atoms with E-state index in [-0.39, 0.29) is 18.4 Å². The molecule has 2 amide bonds. The van der Waals surface area contributed by atoms with Crippen molar-refractivity contribution < 1.29 is 14.3 Å². The smallest absolute Gasteiger partial charge is 0.255 e. The van der Waals surface area contributed by atoms with Crippen LogP contribution in [0.3, 0.4) is 0 Å². The van der Waals surface area contributed by atoms with E-state index in [1.54, 1.807) is 24.3 Å². The van der Waals surface area contributed by atoms with Crippen molar-refractivity contribution in [3.8, 4) is 5.75 Å². The molecule has 0 fully saturated rings. The molecule has 0 unspecified atom stereocenters. The molecule has 3 aromatic rings. The van der Waals surface area contributed by atoms with Crippen LogP contribution in [-0.2, 0) is 4.79 Å². The number of hydrogen-bond donors (Lipinski definition) is 3. The number of carbonyl (C=O) groups excluding carboxylic acids is 2. The zero-order chi connectivity index (χ0) is 22.1. The molecule has 0 spiro atoms. The van der Waals surface area contributed by atoms with E-state index in [0.717, 1.165) is 11.4 Å². The van der Waals surface area contributed by atoms with Crippen LogP contribution in [0.2, 0.25) is 0 Å². The maximum Gasteiger partial charge on any atom is 0.255 e. The summed E-state index contributed by atoms with van der Waals surface area (Å²) in [4.78, 5) is 24.5. The van der Waals surface area contributed by atoms with Crippen LogP contribution in [0.1, 0.15) is 24.2 Å². The Kier molecular flexibility index (Phi) is 7.65. The Hall–Kier alpha value is -3.80. The highest BCUT2D eigenvalue weighted by atomic mass is 16.5. The molecule has 0 saturated carbocycles. The number of hydrogen-bond acceptors (Lipinski definition) is 4.